The number of aliphatic hydroxyl groups is 1. The van der Waals surface area contributed by atoms with Crippen molar-refractivity contribution in [3.05, 3.63) is 41.6 Å². The van der Waals surface area contributed by atoms with Crippen molar-refractivity contribution in [1.82, 2.24) is 10.3 Å². The van der Waals surface area contributed by atoms with Gasteiger partial charge < -0.3 is 10.4 Å². The van der Waals surface area contributed by atoms with E-state index >= 15 is 0 Å². The highest BCUT2D eigenvalue weighted by Crippen LogP contribution is 2.32. The fourth-order valence-electron chi connectivity index (χ4n) is 3.57. The molecule has 4 heteroatoms. The number of amides is 1. The van der Waals surface area contributed by atoms with Crippen molar-refractivity contribution in [2.75, 3.05) is 0 Å². The number of aryl methyl sites for hydroxylation is 1. The minimum Gasteiger partial charge on any atom is -0.390 e. The van der Waals surface area contributed by atoms with Crippen LogP contribution in [0.3, 0.4) is 0 Å². The van der Waals surface area contributed by atoms with Gasteiger partial charge in [0.2, 0.25) is 0 Å². The molecule has 0 radical (unpaired) electrons. The molecule has 4 nitrogen and oxygen atoms in total. The smallest absolute Gasteiger partial charge is 0.253 e. The number of hydrogen-bond donors (Lipinski definition) is 2. The summed E-state index contributed by atoms with van der Waals surface area (Å²) in [5.74, 6) is 0.257. The zero-order valence-electron chi connectivity index (χ0n) is 14.7. The molecule has 3 rings (SSSR count). The number of pyridine rings is 1. The van der Waals surface area contributed by atoms with Crippen molar-refractivity contribution in [2.45, 2.75) is 58.1 Å². The lowest BCUT2D eigenvalue weighted by Crippen LogP contribution is -2.41. The summed E-state index contributed by atoms with van der Waals surface area (Å²) in [6.07, 6.45) is 5.38. The van der Waals surface area contributed by atoms with Crippen LogP contribution in [0.4, 0.5) is 0 Å². The lowest BCUT2D eigenvalue weighted by Gasteiger charge is -2.36. The normalized spacial score (nSPS) is 21.7. The first-order valence-electron chi connectivity index (χ1n) is 8.72. The molecule has 128 valence electrons. The summed E-state index contributed by atoms with van der Waals surface area (Å²) in [5, 5.41) is 14.2. The highest BCUT2D eigenvalue weighted by molar-refractivity contribution is 5.97. The molecule has 2 aromatic rings. The predicted molar refractivity (Wildman–Crippen MR) is 96.0 cm³/mol. The molecule has 0 atom stereocenters. The first-order chi connectivity index (χ1) is 11.3. The van der Waals surface area contributed by atoms with E-state index in [1.54, 1.807) is 6.20 Å². The largest absolute Gasteiger partial charge is 0.390 e. The Morgan fingerprint density at radius 1 is 1.21 bits per heavy atom. The fraction of sp³-hybridized carbons (Fsp3) is 0.500. The summed E-state index contributed by atoms with van der Waals surface area (Å²) in [6, 6.07) is 8.14. The van der Waals surface area contributed by atoms with E-state index in [2.05, 4.69) is 10.3 Å². The van der Waals surface area contributed by atoms with Gasteiger partial charge in [0.25, 0.3) is 5.91 Å². The number of carbonyl (C=O) groups excluding carboxylic acids is 1. The van der Waals surface area contributed by atoms with Gasteiger partial charge in [-0.15, -0.1) is 0 Å². The van der Waals surface area contributed by atoms with E-state index in [1.807, 2.05) is 45.0 Å². The van der Waals surface area contributed by atoms with E-state index in [1.165, 1.54) is 0 Å². The van der Waals surface area contributed by atoms with Gasteiger partial charge in [0.1, 0.15) is 0 Å². The minimum absolute atomic E-state index is 0.0586. The Balaban J connectivity index is 1.64. The lowest BCUT2D eigenvalue weighted by atomic mass is 9.77. The van der Waals surface area contributed by atoms with Gasteiger partial charge >= 0.3 is 0 Å². The zero-order valence-corrected chi connectivity index (χ0v) is 14.7. The minimum atomic E-state index is -0.630. The monoisotopic (exact) mass is 326 g/mol. The van der Waals surface area contributed by atoms with Crippen LogP contribution >= 0.6 is 0 Å². The van der Waals surface area contributed by atoms with Gasteiger partial charge in [-0.25, -0.2) is 0 Å². The van der Waals surface area contributed by atoms with Crippen LogP contribution in [-0.4, -0.2) is 27.6 Å². The van der Waals surface area contributed by atoms with E-state index < -0.39 is 5.60 Å². The molecule has 0 spiro atoms. The highest BCUT2D eigenvalue weighted by atomic mass is 16.3. The first-order valence-corrected chi connectivity index (χ1v) is 8.72. The second-order valence-electron chi connectivity index (χ2n) is 7.60. The third-order valence-corrected chi connectivity index (χ3v) is 5.16. The predicted octanol–water partition coefficient (Wildman–Crippen LogP) is 3.60. The molecule has 0 unspecified atom stereocenters. The number of rotatable bonds is 3. The van der Waals surface area contributed by atoms with E-state index in [-0.39, 0.29) is 11.9 Å². The van der Waals surface area contributed by atoms with E-state index in [0.717, 1.165) is 42.1 Å². The van der Waals surface area contributed by atoms with Gasteiger partial charge in [0.15, 0.2) is 0 Å². The van der Waals surface area contributed by atoms with Gasteiger partial charge in [-0.1, -0.05) is 12.1 Å². The average Bonchev–Trinajstić information content (AvgIpc) is 2.54. The quantitative estimate of drug-likeness (QED) is 0.906. The molecule has 1 aliphatic rings. The molecule has 1 fully saturated rings. The molecule has 1 aliphatic carbocycles. The van der Waals surface area contributed by atoms with Gasteiger partial charge in [0.05, 0.1) is 16.7 Å². The number of nitrogens with one attached hydrogen (secondary N) is 1. The standard InChI is InChI=1S/C20H26N2O2/c1-13-4-5-14-11-15(12-21-18(14)10-13)19(23)22-17-8-6-16(7-9-17)20(2,3)24/h4-5,10-12,16-17,24H,6-9H2,1-3H3,(H,22,23). The van der Waals surface area contributed by atoms with Gasteiger partial charge in [-0.05, 0) is 70.1 Å². The van der Waals surface area contributed by atoms with E-state index in [4.69, 9.17) is 0 Å². The van der Waals surface area contributed by atoms with Crippen LogP contribution in [0.5, 0.6) is 0 Å². The van der Waals surface area contributed by atoms with Crippen molar-refractivity contribution in [3.63, 3.8) is 0 Å². The second kappa shape index (κ2) is 6.52. The summed E-state index contributed by atoms with van der Waals surface area (Å²) in [5.41, 5.74) is 2.05. The van der Waals surface area contributed by atoms with Crippen molar-refractivity contribution >= 4 is 16.8 Å². The summed E-state index contributed by atoms with van der Waals surface area (Å²) in [4.78, 5) is 16.9. The maximum absolute atomic E-state index is 12.5. The molecule has 1 amide bonds. The van der Waals surface area contributed by atoms with Gasteiger partial charge in [-0.2, -0.15) is 0 Å². The molecule has 24 heavy (non-hydrogen) atoms. The average molecular weight is 326 g/mol. The Hall–Kier alpha value is -1.94. The molecular weight excluding hydrogens is 300 g/mol. The number of aromatic nitrogens is 1. The van der Waals surface area contributed by atoms with Crippen LogP contribution in [0, 0.1) is 12.8 Å². The van der Waals surface area contributed by atoms with E-state index in [9.17, 15) is 9.90 Å². The van der Waals surface area contributed by atoms with Crippen LogP contribution in [0.25, 0.3) is 10.9 Å². The number of carbonyl (C=O) groups is 1. The molecule has 1 aromatic carbocycles. The number of hydrogen-bond acceptors (Lipinski definition) is 3. The summed E-state index contributed by atoms with van der Waals surface area (Å²) in [6.45, 7) is 5.78. The molecule has 1 saturated carbocycles. The molecule has 1 heterocycles. The third-order valence-electron chi connectivity index (χ3n) is 5.16. The van der Waals surface area contributed by atoms with Crippen LogP contribution in [0.15, 0.2) is 30.5 Å². The number of nitrogens with zero attached hydrogens (tertiary/aromatic N) is 1. The van der Waals surface area contributed by atoms with Crippen LogP contribution < -0.4 is 5.32 Å². The maximum atomic E-state index is 12.5. The topological polar surface area (TPSA) is 62.2 Å². The Morgan fingerprint density at radius 2 is 1.92 bits per heavy atom. The number of benzene rings is 1. The van der Waals surface area contributed by atoms with Crippen LogP contribution in [0.1, 0.15) is 55.5 Å². The Labute approximate surface area is 143 Å². The second-order valence-corrected chi connectivity index (χ2v) is 7.60. The lowest BCUT2D eigenvalue weighted by molar-refractivity contribution is -0.00257. The van der Waals surface area contributed by atoms with Crippen molar-refractivity contribution < 1.29 is 9.90 Å². The third kappa shape index (κ3) is 3.75. The van der Waals surface area contributed by atoms with Crippen LogP contribution in [0.2, 0.25) is 0 Å². The molecule has 0 saturated heterocycles. The molecule has 0 bridgehead atoms. The Kier molecular flexibility index (Phi) is 4.59. The highest BCUT2D eigenvalue weighted by Gasteiger charge is 2.31. The summed E-state index contributed by atoms with van der Waals surface area (Å²) in [7, 11) is 0. The van der Waals surface area contributed by atoms with E-state index in [0.29, 0.717) is 11.5 Å². The zero-order chi connectivity index (χ0) is 17.3. The van der Waals surface area contributed by atoms with Crippen molar-refractivity contribution in [3.8, 4) is 0 Å². The summed E-state index contributed by atoms with van der Waals surface area (Å²) >= 11 is 0. The van der Waals surface area contributed by atoms with Gasteiger partial charge in [-0.3, -0.25) is 9.78 Å². The Bertz CT molecular complexity index is 741. The van der Waals surface area contributed by atoms with Crippen molar-refractivity contribution in [2.24, 2.45) is 5.92 Å². The first kappa shape index (κ1) is 16.9. The fourth-order valence-corrected chi connectivity index (χ4v) is 3.57. The van der Waals surface area contributed by atoms with Crippen LogP contribution in [-0.2, 0) is 0 Å². The van der Waals surface area contributed by atoms with Crippen molar-refractivity contribution in [1.29, 1.82) is 0 Å². The maximum Gasteiger partial charge on any atom is 0.253 e. The number of fused-ring (bicyclic) bond motifs is 1. The SMILES string of the molecule is Cc1ccc2cc(C(=O)NC3CCC(C(C)(C)O)CC3)cnc2c1. The molecule has 0 aliphatic heterocycles. The summed E-state index contributed by atoms with van der Waals surface area (Å²) < 4.78 is 0. The molecule has 1 aromatic heterocycles. The Morgan fingerprint density at radius 3 is 2.58 bits per heavy atom. The molecular formula is C20H26N2O2. The van der Waals surface area contributed by atoms with Gasteiger partial charge in [0, 0.05) is 17.6 Å². The molecule has 2 N–H and O–H groups in total.